The van der Waals surface area contributed by atoms with Crippen LogP contribution in [0.2, 0.25) is 0 Å². The summed E-state index contributed by atoms with van der Waals surface area (Å²) < 4.78 is 11.3. The van der Waals surface area contributed by atoms with Crippen LogP contribution in [0.3, 0.4) is 0 Å². The molecule has 27 heavy (non-hydrogen) atoms. The molecule has 1 heterocycles. The maximum atomic E-state index is 12.9. The summed E-state index contributed by atoms with van der Waals surface area (Å²) >= 11 is 0. The Kier molecular flexibility index (Phi) is 6.35. The lowest BCUT2D eigenvalue weighted by molar-refractivity contribution is -0.182. The lowest BCUT2D eigenvalue weighted by Gasteiger charge is -2.56. The molecule has 2 unspecified atom stereocenters. The molecular formula is C22H39NO4. The van der Waals surface area contributed by atoms with Gasteiger partial charge in [-0.3, -0.25) is 4.79 Å². The van der Waals surface area contributed by atoms with Gasteiger partial charge >= 0.3 is 11.9 Å². The predicted molar refractivity (Wildman–Crippen MR) is 106 cm³/mol. The topological polar surface area (TPSA) is 64.6 Å². The third-order valence-electron chi connectivity index (χ3n) is 6.72. The minimum Gasteiger partial charge on any atom is -0.457 e. The van der Waals surface area contributed by atoms with E-state index in [4.69, 9.17) is 9.47 Å². The number of carbonyl (C=O) groups excluding carboxylic acids is 2. The summed E-state index contributed by atoms with van der Waals surface area (Å²) in [6.07, 6.45) is 6.04. The van der Waals surface area contributed by atoms with E-state index in [1.54, 1.807) is 0 Å². The molecular weight excluding hydrogens is 342 g/mol. The molecule has 1 saturated carbocycles. The van der Waals surface area contributed by atoms with Crippen molar-refractivity contribution < 1.29 is 19.1 Å². The van der Waals surface area contributed by atoms with E-state index in [1.165, 1.54) is 12.8 Å². The molecule has 5 heteroatoms. The van der Waals surface area contributed by atoms with Gasteiger partial charge in [0.25, 0.3) is 0 Å². The number of rotatable bonds is 7. The fourth-order valence-corrected chi connectivity index (χ4v) is 4.69. The fraction of sp³-hybridized carbons (Fsp3) is 0.909. The summed E-state index contributed by atoms with van der Waals surface area (Å²) in [5, 5.41) is 3.31. The van der Waals surface area contributed by atoms with E-state index in [-0.39, 0.29) is 23.4 Å². The minimum absolute atomic E-state index is 0.0343. The van der Waals surface area contributed by atoms with Crippen LogP contribution in [-0.4, -0.2) is 36.2 Å². The first-order chi connectivity index (χ1) is 12.4. The van der Waals surface area contributed by atoms with Crippen molar-refractivity contribution in [2.24, 2.45) is 16.7 Å². The zero-order chi connectivity index (χ0) is 20.5. The van der Waals surface area contributed by atoms with Gasteiger partial charge in [0.1, 0.15) is 11.1 Å². The smallest absolute Gasteiger partial charge is 0.344 e. The lowest BCUT2D eigenvalue weighted by Crippen LogP contribution is -2.75. The average molecular weight is 382 g/mol. The van der Waals surface area contributed by atoms with Gasteiger partial charge in [0.05, 0.1) is 0 Å². The molecule has 0 aromatic rings. The standard InChI is InChI=1S/C22H39NO4/c1-8-21(7,16-11-9-10-12-16)27-17(24)13-26-18(25)22(14-19(2,3)4)20(5,6)15-23-22/h16,23H,8-15H2,1-7H3. The van der Waals surface area contributed by atoms with Crippen molar-refractivity contribution in [3.05, 3.63) is 0 Å². The van der Waals surface area contributed by atoms with E-state index in [0.717, 1.165) is 25.8 Å². The van der Waals surface area contributed by atoms with E-state index >= 15 is 0 Å². The average Bonchev–Trinajstić information content (AvgIpc) is 3.10. The Balaban J connectivity index is 1.97. The Morgan fingerprint density at radius 2 is 1.70 bits per heavy atom. The van der Waals surface area contributed by atoms with Crippen molar-refractivity contribution in [3.8, 4) is 0 Å². The highest BCUT2D eigenvalue weighted by Crippen LogP contribution is 2.46. The van der Waals surface area contributed by atoms with Gasteiger partial charge in [0.15, 0.2) is 6.61 Å². The molecule has 1 aliphatic carbocycles. The molecule has 2 atom stereocenters. The highest BCUT2D eigenvalue weighted by molar-refractivity contribution is 5.85. The Morgan fingerprint density at radius 3 is 2.11 bits per heavy atom. The van der Waals surface area contributed by atoms with Gasteiger partial charge in [-0.1, -0.05) is 54.4 Å². The van der Waals surface area contributed by atoms with Gasteiger partial charge < -0.3 is 14.8 Å². The summed E-state index contributed by atoms with van der Waals surface area (Å²) in [7, 11) is 0. The molecule has 2 rings (SSSR count). The molecule has 2 aliphatic rings. The van der Waals surface area contributed by atoms with Crippen LogP contribution in [0.25, 0.3) is 0 Å². The van der Waals surface area contributed by atoms with Gasteiger partial charge in [0.2, 0.25) is 0 Å². The van der Waals surface area contributed by atoms with Crippen LogP contribution in [0.1, 0.15) is 87.0 Å². The van der Waals surface area contributed by atoms with Crippen LogP contribution in [0.15, 0.2) is 0 Å². The largest absolute Gasteiger partial charge is 0.457 e. The molecule has 0 radical (unpaired) electrons. The number of hydrogen-bond donors (Lipinski definition) is 1. The zero-order valence-corrected chi connectivity index (χ0v) is 18.4. The summed E-state index contributed by atoms with van der Waals surface area (Å²) in [6, 6.07) is 0. The maximum absolute atomic E-state index is 12.9. The highest BCUT2D eigenvalue weighted by Gasteiger charge is 2.60. The zero-order valence-electron chi connectivity index (χ0n) is 18.4. The molecule has 0 bridgehead atoms. The third kappa shape index (κ3) is 4.67. The summed E-state index contributed by atoms with van der Waals surface area (Å²) in [4.78, 5) is 25.4. The predicted octanol–water partition coefficient (Wildman–Crippen LogP) is 4.24. The number of carbonyl (C=O) groups is 2. The maximum Gasteiger partial charge on any atom is 0.344 e. The molecule has 156 valence electrons. The normalized spacial score (nSPS) is 27.5. The molecule has 0 spiro atoms. The van der Waals surface area contributed by atoms with Crippen LogP contribution in [0.4, 0.5) is 0 Å². The number of ether oxygens (including phenoxy) is 2. The Morgan fingerprint density at radius 1 is 1.11 bits per heavy atom. The fourth-order valence-electron chi connectivity index (χ4n) is 4.69. The second kappa shape index (κ2) is 7.73. The molecule has 0 aromatic heterocycles. The van der Waals surface area contributed by atoms with E-state index < -0.39 is 17.1 Å². The van der Waals surface area contributed by atoms with Crippen molar-refractivity contribution in [1.82, 2.24) is 5.32 Å². The first-order valence-electron chi connectivity index (χ1n) is 10.5. The Labute approximate surface area is 164 Å². The molecule has 1 saturated heterocycles. The van der Waals surface area contributed by atoms with Crippen molar-refractivity contribution in [3.63, 3.8) is 0 Å². The minimum atomic E-state index is -0.745. The highest BCUT2D eigenvalue weighted by atomic mass is 16.6. The van der Waals surface area contributed by atoms with E-state index in [0.29, 0.717) is 12.3 Å². The van der Waals surface area contributed by atoms with E-state index in [1.807, 2.05) is 6.92 Å². The van der Waals surface area contributed by atoms with Gasteiger partial charge in [-0.15, -0.1) is 0 Å². The van der Waals surface area contributed by atoms with Crippen LogP contribution < -0.4 is 5.32 Å². The summed E-state index contributed by atoms with van der Waals surface area (Å²) in [6.45, 7) is 15.0. The molecule has 0 amide bonds. The van der Waals surface area contributed by atoms with Gasteiger partial charge in [0, 0.05) is 12.0 Å². The molecule has 1 N–H and O–H groups in total. The van der Waals surface area contributed by atoms with Crippen LogP contribution in [0.5, 0.6) is 0 Å². The SMILES string of the molecule is CCC(C)(OC(=O)COC(=O)C1(CC(C)(C)C)NCC1(C)C)C1CCCC1. The number of hydrogen-bond acceptors (Lipinski definition) is 5. The molecule has 5 nitrogen and oxygen atoms in total. The van der Waals surface area contributed by atoms with Crippen molar-refractivity contribution in [2.75, 3.05) is 13.2 Å². The third-order valence-corrected chi connectivity index (χ3v) is 6.72. The second-order valence-corrected chi connectivity index (χ2v) is 10.6. The van der Waals surface area contributed by atoms with E-state index in [9.17, 15) is 9.59 Å². The Hall–Kier alpha value is -1.10. The van der Waals surface area contributed by atoms with Gasteiger partial charge in [-0.2, -0.15) is 0 Å². The lowest BCUT2D eigenvalue weighted by atomic mass is 9.59. The van der Waals surface area contributed by atoms with E-state index in [2.05, 4.69) is 46.9 Å². The second-order valence-electron chi connectivity index (χ2n) is 10.6. The first kappa shape index (κ1) is 22.2. The van der Waals surface area contributed by atoms with Crippen molar-refractivity contribution in [2.45, 2.75) is 98.1 Å². The summed E-state index contributed by atoms with van der Waals surface area (Å²) in [5.41, 5.74) is -1.45. The van der Waals surface area contributed by atoms with Crippen LogP contribution in [0, 0.1) is 16.7 Å². The summed E-state index contributed by atoms with van der Waals surface area (Å²) in [5.74, 6) is -0.381. The van der Waals surface area contributed by atoms with Crippen LogP contribution >= 0.6 is 0 Å². The van der Waals surface area contributed by atoms with Crippen molar-refractivity contribution in [1.29, 1.82) is 0 Å². The molecule has 2 fully saturated rings. The molecule has 0 aromatic carbocycles. The Bertz CT molecular complexity index is 559. The number of nitrogens with one attached hydrogen (secondary N) is 1. The van der Waals surface area contributed by atoms with Crippen LogP contribution in [-0.2, 0) is 19.1 Å². The van der Waals surface area contributed by atoms with Gasteiger partial charge in [-0.05, 0) is 43.9 Å². The first-order valence-corrected chi connectivity index (χ1v) is 10.5. The number of esters is 2. The quantitative estimate of drug-likeness (QED) is 0.668. The molecule has 1 aliphatic heterocycles. The monoisotopic (exact) mass is 381 g/mol. The van der Waals surface area contributed by atoms with Crippen molar-refractivity contribution >= 4 is 11.9 Å². The van der Waals surface area contributed by atoms with Gasteiger partial charge in [-0.25, -0.2) is 4.79 Å².